The second kappa shape index (κ2) is 6.62. The van der Waals surface area contributed by atoms with Crippen molar-refractivity contribution in [3.05, 3.63) is 24.2 Å². The lowest BCUT2D eigenvalue weighted by molar-refractivity contribution is -0.147. The molecule has 1 saturated heterocycles. The number of hydrogen-bond acceptors (Lipinski definition) is 5. The molecule has 0 radical (unpaired) electrons. The van der Waals surface area contributed by atoms with Crippen molar-refractivity contribution in [2.75, 3.05) is 19.6 Å². The fourth-order valence-corrected chi connectivity index (χ4v) is 2.67. The maximum atomic E-state index is 12.2. The molecule has 128 valence electrons. The highest BCUT2D eigenvalue weighted by atomic mass is 16.6. The van der Waals surface area contributed by atoms with Crippen LogP contribution in [-0.4, -0.2) is 58.2 Å². The van der Waals surface area contributed by atoms with Gasteiger partial charge >= 0.3 is 12.1 Å². The van der Waals surface area contributed by atoms with Gasteiger partial charge in [-0.3, -0.25) is 9.69 Å². The zero-order chi connectivity index (χ0) is 17.2. The van der Waals surface area contributed by atoms with Gasteiger partial charge in [-0.05, 0) is 39.8 Å². The van der Waals surface area contributed by atoms with Crippen LogP contribution in [0.3, 0.4) is 0 Å². The molecule has 1 N–H and O–H groups in total. The van der Waals surface area contributed by atoms with Crippen LogP contribution in [0.2, 0.25) is 0 Å². The summed E-state index contributed by atoms with van der Waals surface area (Å²) in [5.74, 6) is -0.251. The number of furan rings is 1. The Morgan fingerprint density at radius 1 is 1.39 bits per heavy atom. The predicted octanol–water partition coefficient (Wildman–Crippen LogP) is 2.35. The largest absolute Gasteiger partial charge is 0.480 e. The molecule has 1 aliphatic heterocycles. The van der Waals surface area contributed by atoms with E-state index in [1.54, 1.807) is 33.1 Å². The first kappa shape index (κ1) is 17.3. The first-order chi connectivity index (χ1) is 10.7. The first-order valence-corrected chi connectivity index (χ1v) is 7.69. The minimum Gasteiger partial charge on any atom is -0.480 e. The Bertz CT molecular complexity index is 549. The second-order valence-electron chi connectivity index (χ2n) is 6.71. The molecular formula is C16H24N2O5. The van der Waals surface area contributed by atoms with E-state index in [9.17, 15) is 14.7 Å². The molecule has 7 nitrogen and oxygen atoms in total. The van der Waals surface area contributed by atoms with Gasteiger partial charge in [-0.25, -0.2) is 4.79 Å². The lowest BCUT2D eigenvalue weighted by Crippen LogP contribution is -2.58. The summed E-state index contributed by atoms with van der Waals surface area (Å²) in [4.78, 5) is 27.1. The van der Waals surface area contributed by atoms with Crippen LogP contribution < -0.4 is 0 Å². The summed E-state index contributed by atoms with van der Waals surface area (Å²) in [6.45, 7) is 8.22. The molecule has 0 saturated carbocycles. The van der Waals surface area contributed by atoms with Crippen molar-refractivity contribution in [2.24, 2.45) is 0 Å². The van der Waals surface area contributed by atoms with E-state index in [1.807, 2.05) is 17.9 Å². The third-order valence-electron chi connectivity index (χ3n) is 3.81. The maximum absolute atomic E-state index is 12.2. The molecule has 2 rings (SSSR count). The molecule has 2 atom stereocenters. The summed E-state index contributed by atoms with van der Waals surface area (Å²) < 4.78 is 10.7. The fourth-order valence-electron chi connectivity index (χ4n) is 2.67. The predicted molar refractivity (Wildman–Crippen MR) is 83.1 cm³/mol. The second-order valence-corrected chi connectivity index (χ2v) is 6.71. The summed E-state index contributed by atoms with van der Waals surface area (Å²) in [6, 6.07) is 2.63. The van der Waals surface area contributed by atoms with Gasteiger partial charge in [0.1, 0.15) is 17.4 Å². The van der Waals surface area contributed by atoms with Crippen LogP contribution in [0.5, 0.6) is 0 Å². The number of piperazine rings is 1. The Kier molecular flexibility index (Phi) is 4.99. The third-order valence-corrected chi connectivity index (χ3v) is 3.81. The van der Waals surface area contributed by atoms with Gasteiger partial charge in [-0.15, -0.1) is 0 Å². The van der Waals surface area contributed by atoms with Crippen LogP contribution >= 0.6 is 0 Å². The zero-order valence-corrected chi connectivity index (χ0v) is 14.0. The number of rotatable bonds is 3. The van der Waals surface area contributed by atoms with Crippen molar-refractivity contribution in [1.82, 2.24) is 9.80 Å². The van der Waals surface area contributed by atoms with Crippen molar-refractivity contribution in [2.45, 2.75) is 45.4 Å². The minimum absolute atomic E-state index is 0.0926. The van der Waals surface area contributed by atoms with Gasteiger partial charge < -0.3 is 19.2 Å². The molecule has 1 amide bonds. The number of carbonyl (C=O) groups excluding carboxylic acids is 1. The van der Waals surface area contributed by atoms with Crippen molar-refractivity contribution in [3.8, 4) is 0 Å². The van der Waals surface area contributed by atoms with E-state index in [4.69, 9.17) is 9.15 Å². The van der Waals surface area contributed by atoms with Crippen LogP contribution in [0, 0.1) is 0 Å². The molecular weight excluding hydrogens is 300 g/mol. The van der Waals surface area contributed by atoms with Crippen molar-refractivity contribution >= 4 is 12.1 Å². The van der Waals surface area contributed by atoms with Crippen LogP contribution in [0.1, 0.15) is 39.5 Å². The number of carboxylic acids is 1. The summed E-state index contributed by atoms with van der Waals surface area (Å²) in [6.07, 6.45) is 1.09. The minimum atomic E-state index is -0.961. The number of carbonyl (C=O) groups is 2. The SMILES string of the molecule is CC(c1ccco1)N1CCN(C(=O)OC(C)(C)C)CC1C(=O)O. The number of amides is 1. The highest BCUT2D eigenvalue weighted by molar-refractivity contribution is 5.76. The smallest absolute Gasteiger partial charge is 0.410 e. The topological polar surface area (TPSA) is 83.2 Å². The van der Waals surface area contributed by atoms with E-state index in [2.05, 4.69) is 0 Å². The number of carboxylic acid groups (broad SMARTS) is 1. The molecule has 0 bridgehead atoms. The van der Waals surface area contributed by atoms with E-state index >= 15 is 0 Å². The molecule has 1 aliphatic rings. The average Bonchev–Trinajstić information content (AvgIpc) is 2.98. The summed E-state index contributed by atoms with van der Waals surface area (Å²) in [7, 11) is 0. The third kappa shape index (κ3) is 4.25. The van der Waals surface area contributed by atoms with E-state index in [1.165, 1.54) is 4.90 Å². The van der Waals surface area contributed by atoms with Crippen molar-refractivity contribution in [1.29, 1.82) is 0 Å². The number of aliphatic carboxylic acids is 1. The summed E-state index contributed by atoms with van der Waals surface area (Å²) in [5, 5.41) is 9.54. The summed E-state index contributed by atoms with van der Waals surface area (Å²) in [5.41, 5.74) is -0.603. The van der Waals surface area contributed by atoms with Crippen molar-refractivity contribution < 1.29 is 23.8 Å². The van der Waals surface area contributed by atoms with Gasteiger partial charge in [0.2, 0.25) is 0 Å². The Hall–Kier alpha value is -2.02. The van der Waals surface area contributed by atoms with Crippen LogP contribution in [0.25, 0.3) is 0 Å². The molecule has 1 fully saturated rings. The van der Waals surface area contributed by atoms with Crippen LogP contribution in [0.15, 0.2) is 22.8 Å². The molecule has 1 aromatic heterocycles. The fraction of sp³-hybridized carbons (Fsp3) is 0.625. The Balaban J connectivity index is 2.09. The maximum Gasteiger partial charge on any atom is 0.410 e. The summed E-state index contributed by atoms with van der Waals surface area (Å²) >= 11 is 0. The van der Waals surface area contributed by atoms with E-state index < -0.39 is 23.7 Å². The van der Waals surface area contributed by atoms with Gasteiger partial charge in [-0.2, -0.15) is 0 Å². The average molecular weight is 324 g/mol. The number of nitrogens with zero attached hydrogens (tertiary/aromatic N) is 2. The van der Waals surface area contributed by atoms with Gasteiger partial charge in [0.05, 0.1) is 18.8 Å². The van der Waals surface area contributed by atoms with Crippen molar-refractivity contribution in [3.63, 3.8) is 0 Å². The number of ether oxygens (including phenoxy) is 1. The lowest BCUT2D eigenvalue weighted by Gasteiger charge is -2.41. The quantitative estimate of drug-likeness (QED) is 0.919. The highest BCUT2D eigenvalue weighted by Crippen LogP contribution is 2.26. The molecule has 1 aromatic rings. The number of hydrogen-bond donors (Lipinski definition) is 1. The molecule has 23 heavy (non-hydrogen) atoms. The molecule has 2 unspecified atom stereocenters. The van der Waals surface area contributed by atoms with E-state index in [0.717, 1.165) is 0 Å². The van der Waals surface area contributed by atoms with Crippen LogP contribution in [0.4, 0.5) is 4.79 Å². The first-order valence-electron chi connectivity index (χ1n) is 7.69. The zero-order valence-electron chi connectivity index (χ0n) is 14.0. The Labute approximate surface area is 135 Å². The van der Waals surface area contributed by atoms with Crippen LogP contribution in [-0.2, 0) is 9.53 Å². The lowest BCUT2D eigenvalue weighted by atomic mass is 10.1. The normalized spacial score (nSPS) is 21.0. The molecule has 0 aromatic carbocycles. The molecule has 2 heterocycles. The molecule has 7 heteroatoms. The van der Waals surface area contributed by atoms with Gasteiger partial charge in [0, 0.05) is 13.1 Å². The van der Waals surface area contributed by atoms with Gasteiger partial charge in [0.25, 0.3) is 0 Å². The standard InChI is InChI=1S/C16H24N2O5/c1-11(13-6-5-9-22-13)18-8-7-17(10-12(18)14(19)20)15(21)23-16(2,3)4/h5-6,9,11-12H,7-8,10H2,1-4H3,(H,19,20). The van der Waals surface area contributed by atoms with E-state index in [-0.39, 0.29) is 12.6 Å². The Morgan fingerprint density at radius 3 is 2.61 bits per heavy atom. The van der Waals surface area contributed by atoms with Gasteiger partial charge in [0.15, 0.2) is 0 Å². The highest BCUT2D eigenvalue weighted by Gasteiger charge is 2.38. The molecule has 0 spiro atoms. The van der Waals surface area contributed by atoms with E-state index in [0.29, 0.717) is 18.8 Å². The molecule has 0 aliphatic carbocycles. The monoisotopic (exact) mass is 324 g/mol. The van der Waals surface area contributed by atoms with Gasteiger partial charge in [-0.1, -0.05) is 0 Å². The Morgan fingerprint density at radius 2 is 2.09 bits per heavy atom.